The van der Waals surface area contributed by atoms with Crippen molar-refractivity contribution >= 4 is 32.8 Å². The Hall–Kier alpha value is -4.12. The molecular weight excluding hydrogens is 386 g/mol. The summed E-state index contributed by atoms with van der Waals surface area (Å²) in [5, 5.41) is 2.84. The molecule has 6 rings (SSSR count). The summed E-state index contributed by atoms with van der Waals surface area (Å²) in [5.74, 6) is 0. The summed E-state index contributed by atoms with van der Waals surface area (Å²) in [6, 6.07) is 21.9. The van der Waals surface area contributed by atoms with E-state index >= 15 is 0 Å². The number of para-hydroxylation sites is 2. The van der Waals surface area contributed by atoms with E-state index < -0.39 is 0 Å². The molecule has 0 bridgehead atoms. The highest BCUT2D eigenvalue weighted by atomic mass is 16.3. The number of furan rings is 1. The number of H-pyrrole nitrogens is 1. The molecule has 31 heavy (non-hydrogen) atoms. The predicted octanol–water partition coefficient (Wildman–Crippen LogP) is 5.53. The molecule has 0 spiro atoms. The lowest BCUT2D eigenvalue weighted by molar-refractivity contribution is 0.617. The number of fused-ring (bicyclic) bond motifs is 3. The van der Waals surface area contributed by atoms with Crippen LogP contribution in [0.2, 0.25) is 0 Å². The molecule has 0 aliphatic rings. The van der Waals surface area contributed by atoms with Crippen LogP contribution in [0.3, 0.4) is 0 Å². The molecule has 0 aliphatic heterocycles. The minimum Gasteiger partial charge on any atom is -0.464 e. The zero-order valence-electron chi connectivity index (χ0n) is 16.7. The monoisotopic (exact) mass is 405 g/mol. The molecule has 1 N–H and O–H groups in total. The first-order chi connectivity index (χ1) is 15.3. The first kappa shape index (κ1) is 17.7. The largest absolute Gasteiger partial charge is 0.464 e. The van der Waals surface area contributed by atoms with Crippen molar-refractivity contribution in [2.24, 2.45) is 0 Å². The van der Waals surface area contributed by atoms with Gasteiger partial charge in [-0.15, -0.1) is 0 Å². The molecule has 0 amide bonds. The minimum absolute atomic E-state index is 0.0282. The lowest BCUT2D eigenvalue weighted by atomic mass is 10.0. The minimum atomic E-state index is -0.0282. The molecule has 0 unspecified atom stereocenters. The first-order valence-corrected chi connectivity index (χ1v) is 10.3. The van der Waals surface area contributed by atoms with Crippen LogP contribution in [0.1, 0.15) is 5.56 Å². The highest BCUT2D eigenvalue weighted by molar-refractivity contribution is 5.96. The van der Waals surface area contributed by atoms with E-state index in [1.54, 1.807) is 17.2 Å². The Kier molecular flexibility index (Phi) is 3.99. The summed E-state index contributed by atoms with van der Waals surface area (Å²) in [4.78, 5) is 21.0. The zero-order valence-corrected chi connectivity index (χ0v) is 16.7. The quantitative estimate of drug-likeness (QED) is 0.419. The maximum absolute atomic E-state index is 13.2. The Morgan fingerprint density at radius 1 is 0.935 bits per heavy atom. The molecule has 0 fully saturated rings. The van der Waals surface area contributed by atoms with Gasteiger partial charge in [0, 0.05) is 34.6 Å². The maximum atomic E-state index is 13.2. The summed E-state index contributed by atoms with van der Waals surface area (Å²) in [6.07, 6.45) is 6.17. The number of aromatic amines is 1. The van der Waals surface area contributed by atoms with Gasteiger partial charge in [-0.3, -0.25) is 9.36 Å². The van der Waals surface area contributed by atoms with Crippen molar-refractivity contribution in [3.63, 3.8) is 0 Å². The van der Waals surface area contributed by atoms with Crippen molar-refractivity contribution in [3.05, 3.63) is 101 Å². The molecule has 0 radical (unpaired) electrons. The predicted molar refractivity (Wildman–Crippen MR) is 123 cm³/mol. The van der Waals surface area contributed by atoms with Gasteiger partial charge in [0.15, 0.2) is 0 Å². The number of benzene rings is 3. The molecule has 0 atom stereocenters. The van der Waals surface area contributed by atoms with E-state index in [4.69, 9.17) is 4.42 Å². The highest BCUT2D eigenvalue weighted by Gasteiger charge is 2.11. The van der Waals surface area contributed by atoms with Crippen LogP contribution >= 0.6 is 0 Å². The van der Waals surface area contributed by atoms with E-state index in [0.717, 1.165) is 34.0 Å². The maximum Gasteiger partial charge on any atom is 0.261 e. The van der Waals surface area contributed by atoms with E-state index in [1.165, 1.54) is 10.9 Å². The fourth-order valence-electron chi connectivity index (χ4n) is 4.27. The smallest absolute Gasteiger partial charge is 0.261 e. The fraction of sp³-hybridized carbons (Fsp3) is 0.0769. The van der Waals surface area contributed by atoms with Crippen LogP contribution in [-0.2, 0) is 13.0 Å². The van der Waals surface area contributed by atoms with E-state index in [-0.39, 0.29) is 5.56 Å². The summed E-state index contributed by atoms with van der Waals surface area (Å²) >= 11 is 0. The van der Waals surface area contributed by atoms with Crippen LogP contribution < -0.4 is 5.56 Å². The molecular formula is C26H19N3O2. The second kappa shape index (κ2) is 6.99. The molecule has 5 heteroatoms. The Bertz CT molecular complexity index is 1620. The Balaban J connectivity index is 1.38. The van der Waals surface area contributed by atoms with Crippen LogP contribution in [0.4, 0.5) is 0 Å². The molecule has 150 valence electrons. The number of hydrogen-bond acceptors (Lipinski definition) is 3. The molecule has 0 saturated carbocycles. The van der Waals surface area contributed by atoms with Crippen molar-refractivity contribution in [3.8, 4) is 11.1 Å². The summed E-state index contributed by atoms with van der Waals surface area (Å²) in [6.45, 7) is 0.572. The number of aryl methyl sites for hydroxylation is 2. The van der Waals surface area contributed by atoms with Crippen LogP contribution in [0, 0.1) is 0 Å². The van der Waals surface area contributed by atoms with Gasteiger partial charge in [0.1, 0.15) is 5.58 Å². The standard InChI is InChI=1S/C26H19N3O2/c30-26-21-13-17(22-15-31-25-8-4-2-6-20(22)25)9-10-24(21)28-16-29(26)12-11-18-14-27-23-7-3-1-5-19(18)23/h1-10,13-16,27H,11-12H2. The SMILES string of the molecule is O=c1c2cc(-c3coc4ccccc34)ccc2ncn1CCc1c[nH]c2ccccc12. The number of nitrogens with one attached hydrogen (secondary N) is 1. The molecule has 0 aliphatic carbocycles. The van der Waals surface area contributed by atoms with Gasteiger partial charge in [-0.1, -0.05) is 42.5 Å². The summed E-state index contributed by atoms with van der Waals surface area (Å²) in [5.41, 5.74) is 5.74. The lowest BCUT2D eigenvalue weighted by Crippen LogP contribution is -2.21. The van der Waals surface area contributed by atoms with E-state index in [1.807, 2.05) is 60.8 Å². The molecule has 3 aromatic carbocycles. The van der Waals surface area contributed by atoms with Gasteiger partial charge in [0.25, 0.3) is 5.56 Å². The van der Waals surface area contributed by atoms with Crippen molar-refractivity contribution in [1.82, 2.24) is 14.5 Å². The molecule has 6 aromatic rings. The average molecular weight is 405 g/mol. The second-order valence-corrected chi connectivity index (χ2v) is 7.73. The molecule has 3 heterocycles. The number of nitrogens with zero attached hydrogens (tertiary/aromatic N) is 2. The topological polar surface area (TPSA) is 63.8 Å². The zero-order chi connectivity index (χ0) is 20.8. The molecule has 5 nitrogen and oxygen atoms in total. The second-order valence-electron chi connectivity index (χ2n) is 7.73. The Morgan fingerprint density at radius 2 is 1.77 bits per heavy atom. The van der Waals surface area contributed by atoms with Crippen molar-refractivity contribution in [2.45, 2.75) is 13.0 Å². The number of aromatic nitrogens is 3. The summed E-state index contributed by atoms with van der Waals surface area (Å²) < 4.78 is 7.38. The molecule has 3 aromatic heterocycles. The number of hydrogen-bond donors (Lipinski definition) is 1. The van der Waals surface area contributed by atoms with Crippen LogP contribution in [0.25, 0.3) is 43.9 Å². The van der Waals surface area contributed by atoms with Crippen LogP contribution in [0.15, 0.2) is 94.7 Å². The van der Waals surface area contributed by atoms with Crippen LogP contribution in [-0.4, -0.2) is 14.5 Å². The van der Waals surface area contributed by atoms with Gasteiger partial charge in [-0.25, -0.2) is 4.98 Å². The van der Waals surface area contributed by atoms with Gasteiger partial charge in [-0.05, 0) is 41.8 Å². The number of rotatable bonds is 4. The third-order valence-electron chi connectivity index (χ3n) is 5.91. The van der Waals surface area contributed by atoms with Gasteiger partial charge in [0.05, 0.1) is 23.5 Å². The Morgan fingerprint density at radius 3 is 2.71 bits per heavy atom. The van der Waals surface area contributed by atoms with Crippen LogP contribution in [0.5, 0.6) is 0 Å². The van der Waals surface area contributed by atoms with E-state index in [2.05, 4.69) is 22.1 Å². The van der Waals surface area contributed by atoms with E-state index in [9.17, 15) is 4.79 Å². The Labute approximate surface area is 177 Å². The highest BCUT2D eigenvalue weighted by Crippen LogP contribution is 2.31. The molecule has 0 saturated heterocycles. The fourth-order valence-corrected chi connectivity index (χ4v) is 4.27. The van der Waals surface area contributed by atoms with Crippen molar-refractivity contribution in [1.29, 1.82) is 0 Å². The lowest BCUT2D eigenvalue weighted by Gasteiger charge is -2.07. The normalized spacial score (nSPS) is 11.6. The van der Waals surface area contributed by atoms with Gasteiger partial charge >= 0.3 is 0 Å². The first-order valence-electron chi connectivity index (χ1n) is 10.3. The van der Waals surface area contributed by atoms with Gasteiger partial charge in [-0.2, -0.15) is 0 Å². The van der Waals surface area contributed by atoms with Crippen molar-refractivity contribution < 1.29 is 4.42 Å². The van der Waals surface area contributed by atoms with Gasteiger partial charge in [0.2, 0.25) is 0 Å². The third-order valence-corrected chi connectivity index (χ3v) is 5.91. The van der Waals surface area contributed by atoms with Gasteiger partial charge < -0.3 is 9.40 Å². The average Bonchev–Trinajstić information content (AvgIpc) is 3.43. The van der Waals surface area contributed by atoms with Crippen molar-refractivity contribution in [2.75, 3.05) is 0 Å². The van der Waals surface area contributed by atoms with E-state index in [0.29, 0.717) is 17.4 Å². The summed E-state index contributed by atoms with van der Waals surface area (Å²) in [7, 11) is 0. The third kappa shape index (κ3) is 2.94.